The minimum Gasteiger partial charge on any atom is -0.306 e. The van der Waals surface area contributed by atoms with Crippen LogP contribution in [0.4, 0.5) is 0 Å². The zero-order valence-electron chi connectivity index (χ0n) is 11.8. The Morgan fingerprint density at radius 3 is 2.58 bits per heavy atom. The molecule has 0 radical (unpaired) electrons. The lowest BCUT2D eigenvalue weighted by Gasteiger charge is -2.21. The van der Waals surface area contributed by atoms with Crippen molar-refractivity contribution < 1.29 is 0 Å². The molecule has 1 N–H and O–H groups in total. The van der Waals surface area contributed by atoms with Crippen LogP contribution in [-0.2, 0) is 0 Å². The summed E-state index contributed by atoms with van der Waals surface area (Å²) in [7, 11) is 0. The van der Waals surface area contributed by atoms with Crippen molar-refractivity contribution in [2.45, 2.75) is 57.3 Å². The molecule has 2 nitrogen and oxygen atoms in total. The maximum absolute atomic E-state index is 3.80. The summed E-state index contributed by atoms with van der Waals surface area (Å²) in [6, 6.07) is 11.4. The van der Waals surface area contributed by atoms with Gasteiger partial charge in [0.1, 0.15) is 0 Å². The molecule has 2 aliphatic rings. The van der Waals surface area contributed by atoms with Crippen LogP contribution in [0.5, 0.6) is 0 Å². The van der Waals surface area contributed by atoms with Crippen LogP contribution in [0.3, 0.4) is 0 Å². The quantitative estimate of drug-likeness (QED) is 0.908. The number of likely N-dealkylation sites (tertiary alicyclic amines) is 1. The lowest BCUT2D eigenvalue weighted by Crippen LogP contribution is -2.35. The third-order valence-electron chi connectivity index (χ3n) is 4.49. The van der Waals surface area contributed by atoms with Crippen LogP contribution in [0.1, 0.15) is 44.7 Å². The van der Waals surface area contributed by atoms with E-state index in [2.05, 4.69) is 64.3 Å². The average Bonchev–Trinajstić information content (AvgIpc) is 3.15. The monoisotopic (exact) mass is 322 g/mol. The average molecular weight is 323 g/mol. The van der Waals surface area contributed by atoms with Crippen LogP contribution in [0.25, 0.3) is 0 Å². The Morgan fingerprint density at radius 1 is 1.26 bits per heavy atom. The fourth-order valence-electron chi connectivity index (χ4n) is 3.29. The van der Waals surface area contributed by atoms with Gasteiger partial charge in [0.05, 0.1) is 0 Å². The lowest BCUT2D eigenvalue weighted by molar-refractivity contribution is 0.254. The highest BCUT2D eigenvalue weighted by Gasteiger charge is 2.38. The fraction of sp³-hybridized carbons (Fsp3) is 0.625. The molecule has 104 valence electrons. The molecule has 1 saturated heterocycles. The second-order valence-electron chi connectivity index (χ2n) is 6.15. The number of halogens is 1. The third-order valence-corrected chi connectivity index (χ3v) is 5.02. The summed E-state index contributed by atoms with van der Waals surface area (Å²) in [5.41, 5.74) is 1.38. The van der Waals surface area contributed by atoms with Crippen molar-refractivity contribution in [1.82, 2.24) is 10.2 Å². The molecule has 0 amide bonds. The molecule has 19 heavy (non-hydrogen) atoms. The molecule has 3 rings (SSSR count). The molecular formula is C16H23BrN2. The van der Waals surface area contributed by atoms with Gasteiger partial charge >= 0.3 is 0 Å². The normalized spacial score (nSPS) is 29.6. The first-order chi connectivity index (χ1) is 9.13. The van der Waals surface area contributed by atoms with Crippen LogP contribution in [0.15, 0.2) is 28.7 Å². The molecule has 2 fully saturated rings. The Hall–Kier alpha value is -0.380. The predicted octanol–water partition coefficient (Wildman–Crippen LogP) is 3.72. The maximum Gasteiger partial charge on any atom is 0.0294 e. The molecule has 0 bridgehead atoms. The van der Waals surface area contributed by atoms with Crippen molar-refractivity contribution in [1.29, 1.82) is 0 Å². The number of rotatable bonds is 4. The van der Waals surface area contributed by atoms with Crippen molar-refractivity contribution in [3.05, 3.63) is 34.3 Å². The van der Waals surface area contributed by atoms with Gasteiger partial charge in [-0.2, -0.15) is 0 Å². The number of hydrogen-bond donors (Lipinski definition) is 1. The van der Waals surface area contributed by atoms with Gasteiger partial charge in [-0.15, -0.1) is 0 Å². The first-order valence-electron chi connectivity index (χ1n) is 7.40. The summed E-state index contributed by atoms with van der Waals surface area (Å²) in [4.78, 5) is 2.70. The summed E-state index contributed by atoms with van der Waals surface area (Å²) in [5, 5.41) is 3.80. The van der Waals surface area contributed by atoms with Crippen LogP contribution in [0, 0.1) is 0 Å². The minimum atomic E-state index is 0.435. The first kappa shape index (κ1) is 13.6. The summed E-state index contributed by atoms with van der Waals surface area (Å²) in [6.45, 7) is 5.88. The Bertz CT molecular complexity index is 427. The molecule has 2 unspecified atom stereocenters. The second-order valence-corrected chi connectivity index (χ2v) is 7.07. The van der Waals surface area contributed by atoms with E-state index in [0.717, 1.165) is 16.6 Å². The van der Waals surface area contributed by atoms with E-state index in [1.807, 2.05) is 0 Å². The van der Waals surface area contributed by atoms with Crippen molar-refractivity contribution in [2.75, 3.05) is 6.54 Å². The van der Waals surface area contributed by atoms with Gasteiger partial charge in [0.15, 0.2) is 0 Å². The summed E-state index contributed by atoms with van der Waals surface area (Å²) >= 11 is 3.49. The van der Waals surface area contributed by atoms with Gasteiger partial charge in [-0.25, -0.2) is 0 Å². The zero-order valence-corrected chi connectivity index (χ0v) is 13.4. The van der Waals surface area contributed by atoms with E-state index in [-0.39, 0.29) is 0 Å². The molecule has 0 spiro atoms. The molecule has 1 aromatic rings. The molecular weight excluding hydrogens is 300 g/mol. The molecule has 0 aromatic heterocycles. The molecule has 3 atom stereocenters. The topological polar surface area (TPSA) is 15.3 Å². The van der Waals surface area contributed by atoms with Crippen LogP contribution in [-0.4, -0.2) is 29.6 Å². The van der Waals surface area contributed by atoms with Gasteiger partial charge < -0.3 is 5.32 Å². The highest BCUT2D eigenvalue weighted by Crippen LogP contribution is 2.33. The highest BCUT2D eigenvalue weighted by atomic mass is 79.9. The Labute approximate surface area is 124 Å². The van der Waals surface area contributed by atoms with Crippen molar-refractivity contribution >= 4 is 15.9 Å². The van der Waals surface area contributed by atoms with Crippen molar-refractivity contribution in [3.63, 3.8) is 0 Å². The summed E-state index contributed by atoms with van der Waals surface area (Å²) in [6.07, 6.45) is 4.12. The number of nitrogens with one attached hydrogen (secondary N) is 1. The van der Waals surface area contributed by atoms with E-state index < -0.39 is 0 Å². The highest BCUT2D eigenvalue weighted by molar-refractivity contribution is 9.10. The SMILES string of the molecule is CC1CC(N[C@H](C)c2ccc(Br)cc2)CN1C1CC1. The third kappa shape index (κ3) is 3.21. The summed E-state index contributed by atoms with van der Waals surface area (Å²) in [5.74, 6) is 0. The number of nitrogens with zero attached hydrogens (tertiary/aromatic N) is 1. The number of benzene rings is 1. The van der Waals surface area contributed by atoms with Gasteiger partial charge in [0.25, 0.3) is 0 Å². The van der Waals surface area contributed by atoms with E-state index >= 15 is 0 Å². The standard InChI is InChI=1S/C16H23BrN2/c1-11-9-15(10-19(11)16-7-8-16)18-12(2)13-3-5-14(17)6-4-13/h3-6,11-12,15-16,18H,7-10H2,1-2H3/t11?,12-,15?/m1/s1. The van der Waals surface area contributed by atoms with Gasteiger partial charge in [0.2, 0.25) is 0 Å². The fourth-order valence-corrected chi connectivity index (χ4v) is 3.56. The van der Waals surface area contributed by atoms with Crippen molar-refractivity contribution in [2.24, 2.45) is 0 Å². The van der Waals surface area contributed by atoms with E-state index in [1.54, 1.807) is 0 Å². The van der Waals surface area contributed by atoms with E-state index in [1.165, 1.54) is 31.4 Å². The van der Waals surface area contributed by atoms with E-state index in [0.29, 0.717) is 12.1 Å². The van der Waals surface area contributed by atoms with Crippen LogP contribution in [0.2, 0.25) is 0 Å². The molecule has 3 heteroatoms. The Kier molecular flexibility index (Phi) is 3.97. The Balaban J connectivity index is 1.57. The molecule has 1 aliphatic carbocycles. The zero-order chi connectivity index (χ0) is 13.4. The first-order valence-corrected chi connectivity index (χ1v) is 8.20. The lowest BCUT2D eigenvalue weighted by atomic mass is 10.1. The second kappa shape index (κ2) is 5.55. The minimum absolute atomic E-state index is 0.435. The predicted molar refractivity (Wildman–Crippen MR) is 83.3 cm³/mol. The molecule has 1 aromatic carbocycles. The van der Waals surface area contributed by atoms with Gasteiger partial charge in [0, 0.05) is 35.2 Å². The molecule has 1 saturated carbocycles. The van der Waals surface area contributed by atoms with Gasteiger partial charge in [-0.3, -0.25) is 4.90 Å². The largest absolute Gasteiger partial charge is 0.306 e. The van der Waals surface area contributed by atoms with Crippen molar-refractivity contribution in [3.8, 4) is 0 Å². The van der Waals surface area contributed by atoms with Crippen LogP contribution >= 0.6 is 15.9 Å². The molecule has 1 aliphatic heterocycles. The Morgan fingerprint density at radius 2 is 1.95 bits per heavy atom. The summed E-state index contributed by atoms with van der Waals surface area (Å²) < 4.78 is 1.15. The number of hydrogen-bond acceptors (Lipinski definition) is 2. The molecule has 1 heterocycles. The van der Waals surface area contributed by atoms with Crippen LogP contribution < -0.4 is 5.32 Å². The smallest absolute Gasteiger partial charge is 0.0294 e. The maximum atomic E-state index is 3.80. The van der Waals surface area contributed by atoms with Gasteiger partial charge in [-0.05, 0) is 50.8 Å². The van der Waals surface area contributed by atoms with E-state index in [9.17, 15) is 0 Å². The van der Waals surface area contributed by atoms with E-state index in [4.69, 9.17) is 0 Å². The van der Waals surface area contributed by atoms with Gasteiger partial charge in [-0.1, -0.05) is 28.1 Å².